The predicted octanol–water partition coefficient (Wildman–Crippen LogP) is 2.65. The van der Waals surface area contributed by atoms with E-state index in [-0.39, 0.29) is 36.2 Å². The standard InChI is InChI=1S/C22H35NO4/c1-27-22(26)18-9-5-8-15-12-17-16(21(25)13-19(17)23(15)18)10-11-20(24)14-6-3-2-4-7-14/h10-11,14-21,24-25H,2-9,12-13H2,1H3/b11-10+/t15?,16-,17-,18?,19-,20+,21-/m1/s1. The van der Waals surface area contributed by atoms with E-state index in [1.54, 1.807) is 0 Å². The molecule has 2 aliphatic carbocycles. The third-order valence-electron chi connectivity index (χ3n) is 7.78. The number of nitrogens with zero attached hydrogens (tertiary/aromatic N) is 1. The zero-order valence-electron chi connectivity index (χ0n) is 16.5. The van der Waals surface area contributed by atoms with E-state index < -0.39 is 0 Å². The van der Waals surface area contributed by atoms with Crippen LogP contribution in [0, 0.1) is 17.8 Å². The SMILES string of the molecule is COC(=O)C1CCCC2C[C@@H]3[C@@H](/C=C/[C@H](O)C4CCCCC4)[C@H](O)C[C@H]3N21. The van der Waals surface area contributed by atoms with E-state index in [0.717, 1.165) is 44.9 Å². The zero-order chi connectivity index (χ0) is 19.0. The van der Waals surface area contributed by atoms with E-state index in [0.29, 0.717) is 17.9 Å². The molecule has 0 bridgehead atoms. The first-order chi connectivity index (χ1) is 13.1. The van der Waals surface area contributed by atoms with E-state index >= 15 is 0 Å². The summed E-state index contributed by atoms with van der Waals surface area (Å²) in [5.74, 6) is 0.728. The number of aliphatic hydroxyl groups is 2. The van der Waals surface area contributed by atoms with E-state index in [2.05, 4.69) is 11.0 Å². The van der Waals surface area contributed by atoms with Crippen LogP contribution in [-0.2, 0) is 9.53 Å². The number of carbonyl (C=O) groups excluding carboxylic acids is 1. The number of rotatable bonds is 4. The fourth-order valence-electron chi connectivity index (χ4n) is 6.45. The molecule has 2 saturated carbocycles. The van der Waals surface area contributed by atoms with Gasteiger partial charge in [0, 0.05) is 18.0 Å². The third kappa shape index (κ3) is 3.70. The van der Waals surface area contributed by atoms with Crippen LogP contribution in [0.15, 0.2) is 12.2 Å². The highest BCUT2D eigenvalue weighted by molar-refractivity contribution is 5.76. The molecule has 7 atom stereocenters. The van der Waals surface area contributed by atoms with Gasteiger partial charge in [-0.1, -0.05) is 31.4 Å². The lowest BCUT2D eigenvalue weighted by atomic mass is 9.84. The highest BCUT2D eigenvalue weighted by Gasteiger charge is 2.55. The van der Waals surface area contributed by atoms with Gasteiger partial charge in [-0.25, -0.2) is 0 Å². The summed E-state index contributed by atoms with van der Waals surface area (Å²) in [5, 5.41) is 21.3. The van der Waals surface area contributed by atoms with Gasteiger partial charge >= 0.3 is 5.97 Å². The molecule has 4 rings (SSSR count). The van der Waals surface area contributed by atoms with Gasteiger partial charge in [-0.05, 0) is 56.8 Å². The maximum Gasteiger partial charge on any atom is 0.323 e. The number of ether oxygens (including phenoxy) is 1. The van der Waals surface area contributed by atoms with Crippen molar-refractivity contribution in [3.05, 3.63) is 12.2 Å². The summed E-state index contributed by atoms with van der Waals surface area (Å²) >= 11 is 0. The van der Waals surface area contributed by atoms with Gasteiger partial charge in [-0.15, -0.1) is 0 Å². The number of carbonyl (C=O) groups is 1. The van der Waals surface area contributed by atoms with Crippen molar-refractivity contribution in [2.75, 3.05) is 7.11 Å². The number of hydrogen-bond donors (Lipinski definition) is 2. The molecule has 27 heavy (non-hydrogen) atoms. The van der Waals surface area contributed by atoms with Gasteiger partial charge in [0.2, 0.25) is 0 Å². The summed E-state index contributed by atoms with van der Waals surface area (Å²) in [6.07, 6.45) is 14.1. The van der Waals surface area contributed by atoms with Crippen molar-refractivity contribution in [1.29, 1.82) is 0 Å². The molecule has 0 spiro atoms. The van der Waals surface area contributed by atoms with Crippen LogP contribution >= 0.6 is 0 Å². The molecule has 0 aromatic heterocycles. The first-order valence-corrected chi connectivity index (χ1v) is 11.0. The van der Waals surface area contributed by atoms with E-state index in [1.165, 1.54) is 26.4 Å². The van der Waals surface area contributed by atoms with Gasteiger partial charge in [0.15, 0.2) is 0 Å². The van der Waals surface area contributed by atoms with Crippen LogP contribution in [-0.4, -0.2) is 58.5 Å². The van der Waals surface area contributed by atoms with Crippen molar-refractivity contribution in [2.45, 2.75) is 94.5 Å². The Hall–Kier alpha value is -0.910. The van der Waals surface area contributed by atoms with Crippen LogP contribution in [0.1, 0.15) is 64.2 Å². The van der Waals surface area contributed by atoms with Crippen LogP contribution < -0.4 is 0 Å². The molecule has 4 fully saturated rings. The molecule has 0 aromatic rings. The summed E-state index contributed by atoms with van der Waals surface area (Å²) in [7, 11) is 1.47. The summed E-state index contributed by atoms with van der Waals surface area (Å²) < 4.78 is 5.06. The topological polar surface area (TPSA) is 70.0 Å². The molecule has 4 aliphatic rings. The van der Waals surface area contributed by atoms with Crippen LogP contribution in [0.25, 0.3) is 0 Å². The minimum atomic E-state index is -0.386. The van der Waals surface area contributed by atoms with Gasteiger partial charge in [-0.2, -0.15) is 0 Å². The van der Waals surface area contributed by atoms with Crippen molar-refractivity contribution >= 4 is 5.97 Å². The highest BCUT2D eigenvalue weighted by Crippen LogP contribution is 2.49. The lowest BCUT2D eigenvalue weighted by Crippen LogP contribution is -2.51. The second-order valence-electron chi connectivity index (χ2n) is 9.19. The maximum absolute atomic E-state index is 12.3. The van der Waals surface area contributed by atoms with Crippen molar-refractivity contribution in [1.82, 2.24) is 4.90 Å². The molecule has 5 heteroatoms. The molecule has 0 radical (unpaired) electrons. The normalized spacial score (nSPS) is 41.4. The molecular formula is C22H35NO4. The molecule has 152 valence electrons. The van der Waals surface area contributed by atoms with Crippen LogP contribution in [0.5, 0.6) is 0 Å². The number of fused-ring (bicyclic) bond motifs is 3. The van der Waals surface area contributed by atoms with Gasteiger partial charge in [0.05, 0.1) is 19.3 Å². The summed E-state index contributed by atoms with van der Waals surface area (Å²) in [6.45, 7) is 0. The summed E-state index contributed by atoms with van der Waals surface area (Å²) in [4.78, 5) is 14.6. The van der Waals surface area contributed by atoms with Gasteiger partial charge in [0.25, 0.3) is 0 Å². The monoisotopic (exact) mass is 377 g/mol. The van der Waals surface area contributed by atoms with E-state index in [4.69, 9.17) is 4.74 Å². The van der Waals surface area contributed by atoms with Crippen LogP contribution in [0.4, 0.5) is 0 Å². The largest absolute Gasteiger partial charge is 0.468 e. The first-order valence-electron chi connectivity index (χ1n) is 11.0. The number of esters is 1. The molecule has 2 heterocycles. The van der Waals surface area contributed by atoms with Crippen molar-refractivity contribution in [3.8, 4) is 0 Å². The fourth-order valence-corrected chi connectivity index (χ4v) is 6.45. The zero-order valence-corrected chi connectivity index (χ0v) is 16.5. The fraction of sp³-hybridized carbons (Fsp3) is 0.864. The number of hydrogen-bond acceptors (Lipinski definition) is 5. The lowest BCUT2D eigenvalue weighted by molar-refractivity contribution is -0.150. The first kappa shape index (κ1) is 19.4. The summed E-state index contributed by atoms with van der Waals surface area (Å²) in [5.41, 5.74) is 0. The Morgan fingerprint density at radius 1 is 1.11 bits per heavy atom. The Balaban J connectivity index is 1.45. The van der Waals surface area contributed by atoms with Gasteiger partial charge in [0.1, 0.15) is 6.04 Å². The Morgan fingerprint density at radius 3 is 2.63 bits per heavy atom. The predicted molar refractivity (Wildman–Crippen MR) is 103 cm³/mol. The third-order valence-corrected chi connectivity index (χ3v) is 7.78. The second-order valence-corrected chi connectivity index (χ2v) is 9.19. The van der Waals surface area contributed by atoms with Crippen molar-refractivity contribution in [2.24, 2.45) is 17.8 Å². The average Bonchev–Trinajstić information content (AvgIpc) is 3.20. The van der Waals surface area contributed by atoms with Gasteiger partial charge in [-0.3, -0.25) is 9.69 Å². The van der Waals surface area contributed by atoms with E-state index in [1.807, 2.05) is 6.08 Å². The molecule has 2 unspecified atom stereocenters. The Morgan fingerprint density at radius 2 is 1.89 bits per heavy atom. The minimum absolute atomic E-state index is 0.0946. The van der Waals surface area contributed by atoms with Gasteiger partial charge < -0.3 is 14.9 Å². The Kier molecular flexibility index (Phi) is 5.91. The summed E-state index contributed by atoms with van der Waals surface area (Å²) in [6, 6.07) is 0.548. The number of methoxy groups -OCH3 is 1. The maximum atomic E-state index is 12.3. The molecule has 2 aliphatic heterocycles. The molecule has 0 aromatic carbocycles. The highest BCUT2D eigenvalue weighted by atomic mass is 16.5. The second kappa shape index (κ2) is 8.22. The lowest BCUT2D eigenvalue weighted by Gasteiger charge is -2.39. The molecule has 5 nitrogen and oxygen atoms in total. The number of piperidine rings is 1. The average molecular weight is 378 g/mol. The van der Waals surface area contributed by atoms with Crippen molar-refractivity contribution < 1.29 is 19.7 Å². The molecular weight excluding hydrogens is 342 g/mol. The molecule has 0 amide bonds. The Labute approximate surface area is 162 Å². The molecule has 2 N–H and O–H groups in total. The number of aliphatic hydroxyl groups excluding tert-OH is 2. The quantitative estimate of drug-likeness (QED) is 0.582. The molecule has 2 saturated heterocycles. The minimum Gasteiger partial charge on any atom is -0.468 e. The smallest absolute Gasteiger partial charge is 0.323 e. The van der Waals surface area contributed by atoms with Crippen molar-refractivity contribution in [3.63, 3.8) is 0 Å². The Bertz CT molecular complexity index is 559. The van der Waals surface area contributed by atoms with Crippen LogP contribution in [0.2, 0.25) is 0 Å². The van der Waals surface area contributed by atoms with Crippen LogP contribution in [0.3, 0.4) is 0 Å². The van der Waals surface area contributed by atoms with E-state index in [9.17, 15) is 15.0 Å².